The first-order valence-corrected chi connectivity index (χ1v) is 13.9. The molecule has 2 unspecified atom stereocenters. The molecule has 1 amide bonds. The fraction of sp³-hybridized carbons (Fsp3) is 0.957. The first kappa shape index (κ1) is 25.5. The Morgan fingerprint density at radius 2 is 1.76 bits per heavy atom. The van der Waals surface area contributed by atoms with Gasteiger partial charge in [0.1, 0.15) is 12.2 Å². The smallest absolute Gasteiger partial charge is 0.394 e. The molecule has 0 aromatic rings. The number of hydrogen-bond acceptors (Lipinski definition) is 7. The molecule has 0 spiro atoms. The van der Waals surface area contributed by atoms with Gasteiger partial charge in [0.2, 0.25) is 5.91 Å². The van der Waals surface area contributed by atoms with Crippen LogP contribution in [-0.2, 0) is 23.1 Å². The van der Waals surface area contributed by atoms with Crippen molar-refractivity contribution in [3.8, 4) is 0 Å². The van der Waals surface area contributed by atoms with Crippen molar-refractivity contribution in [2.75, 3.05) is 13.2 Å². The van der Waals surface area contributed by atoms with Crippen LogP contribution in [-0.4, -0.2) is 64.7 Å². The van der Waals surface area contributed by atoms with Crippen LogP contribution in [0.3, 0.4) is 0 Å². The normalized spacial score (nSPS) is 42.5. The van der Waals surface area contributed by atoms with Gasteiger partial charge in [0, 0.05) is 5.41 Å². The average molecular weight is 490 g/mol. The molecule has 0 aromatic carbocycles. The van der Waals surface area contributed by atoms with Crippen LogP contribution in [0.1, 0.15) is 65.7 Å². The Bertz CT molecular complexity index is 723. The Labute approximate surface area is 196 Å². The Balaban J connectivity index is 1.32. The van der Waals surface area contributed by atoms with Crippen molar-refractivity contribution in [1.29, 1.82) is 0 Å². The highest BCUT2D eigenvalue weighted by Gasteiger charge is 2.55. The summed E-state index contributed by atoms with van der Waals surface area (Å²) in [6.45, 7) is 4.88. The maximum Gasteiger partial charge on any atom is 0.472 e. The lowest BCUT2D eigenvalue weighted by molar-refractivity contribution is -0.147. The highest BCUT2D eigenvalue weighted by atomic mass is 31.2. The predicted molar refractivity (Wildman–Crippen MR) is 120 cm³/mol. The standard InChI is InChI=1S/C23H40NO8P/c1-13(2)4-19-21(20(26)14(3)31-19)32-33(28,29)30-12-18(11-25)24-22(27)23-8-15-5-16(9-23)7-17(6-15)10-23/h13-21,25-26H,4-12H2,1-3H3,(H,24,27)(H,28,29)/t14-,15?,16?,17?,18?,19+,20-,21+,23?/m0/s1. The minimum absolute atomic E-state index is 0.0802. The van der Waals surface area contributed by atoms with Gasteiger partial charge in [-0.15, -0.1) is 0 Å². The van der Waals surface area contributed by atoms with Crippen molar-refractivity contribution in [3.63, 3.8) is 0 Å². The zero-order valence-corrected chi connectivity index (χ0v) is 20.8. The summed E-state index contributed by atoms with van der Waals surface area (Å²) in [5.74, 6) is 1.99. The van der Waals surface area contributed by atoms with Crippen LogP contribution in [0, 0.1) is 29.1 Å². The summed E-state index contributed by atoms with van der Waals surface area (Å²) < 4.78 is 28.8. The van der Waals surface area contributed by atoms with E-state index in [1.54, 1.807) is 6.92 Å². The molecule has 6 atom stereocenters. The number of rotatable bonds is 10. The molecule has 10 heteroatoms. The molecule has 4 saturated carbocycles. The predicted octanol–water partition coefficient (Wildman–Crippen LogP) is 2.38. The van der Waals surface area contributed by atoms with Crippen LogP contribution in [0.2, 0.25) is 0 Å². The second-order valence-corrected chi connectivity index (χ2v) is 12.8. The Kier molecular flexibility index (Phi) is 7.62. The van der Waals surface area contributed by atoms with Gasteiger partial charge in [0.25, 0.3) is 0 Å². The number of ether oxygens (including phenoxy) is 1. The third-order valence-corrected chi connectivity index (χ3v) is 9.03. The number of carbonyl (C=O) groups is 1. The zero-order valence-electron chi connectivity index (χ0n) is 19.9. The summed E-state index contributed by atoms with van der Waals surface area (Å²) in [6, 6.07) is -0.815. The molecule has 1 aliphatic heterocycles. The monoisotopic (exact) mass is 489 g/mol. The molecule has 5 aliphatic rings. The van der Waals surface area contributed by atoms with Crippen LogP contribution in [0.5, 0.6) is 0 Å². The summed E-state index contributed by atoms with van der Waals surface area (Å²) in [5.41, 5.74) is -0.382. The third kappa shape index (κ3) is 5.66. The average Bonchev–Trinajstić information content (AvgIpc) is 2.96. The van der Waals surface area contributed by atoms with Crippen molar-refractivity contribution >= 4 is 13.7 Å². The quantitative estimate of drug-likeness (QED) is 0.344. The van der Waals surface area contributed by atoms with E-state index in [0.717, 1.165) is 19.3 Å². The molecule has 4 N–H and O–H groups in total. The van der Waals surface area contributed by atoms with Crippen LogP contribution in [0.15, 0.2) is 0 Å². The zero-order chi connectivity index (χ0) is 24.0. The van der Waals surface area contributed by atoms with Gasteiger partial charge in [-0.3, -0.25) is 13.8 Å². The van der Waals surface area contributed by atoms with Crippen molar-refractivity contribution in [1.82, 2.24) is 5.32 Å². The molecular weight excluding hydrogens is 449 g/mol. The van der Waals surface area contributed by atoms with Crippen LogP contribution in [0.25, 0.3) is 0 Å². The van der Waals surface area contributed by atoms with Gasteiger partial charge in [-0.05, 0) is 75.5 Å². The topological polar surface area (TPSA) is 135 Å². The maximum absolute atomic E-state index is 13.2. The van der Waals surface area contributed by atoms with Crippen molar-refractivity contribution in [2.45, 2.75) is 96.2 Å². The molecule has 0 radical (unpaired) electrons. The second-order valence-electron chi connectivity index (χ2n) is 11.4. The molecule has 4 aliphatic carbocycles. The number of phosphoric acid groups is 1. The number of phosphoric ester groups is 1. The minimum Gasteiger partial charge on any atom is -0.394 e. The van der Waals surface area contributed by atoms with E-state index in [9.17, 15) is 24.5 Å². The molecule has 5 fully saturated rings. The first-order chi connectivity index (χ1) is 15.5. The van der Waals surface area contributed by atoms with E-state index in [1.807, 2.05) is 13.8 Å². The highest BCUT2D eigenvalue weighted by molar-refractivity contribution is 7.47. The van der Waals surface area contributed by atoms with Crippen molar-refractivity contribution in [3.05, 3.63) is 0 Å². The number of amides is 1. The van der Waals surface area contributed by atoms with E-state index in [0.29, 0.717) is 24.2 Å². The molecule has 4 bridgehead atoms. The van der Waals surface area contributed by atoms with E-state index in [-0.39, 0.29) is 23.8 Å². The van der Waals surface area contributed by atoms with Gasteiger partial charge in [-0.2, -0.15) is 0 Å². The summed E-state index contributed by atoms with van der Waals surface area (Å²) in [5, 5.41) is 23.0. The van der Waals surface area contributed by atoms with Crippen molar-refractivity contribution in [2.24, 2.45) is 29.1 Å². The van der Waals surface area contributed by atoms with Gasteiger partial charge in [0.15, 0.2) is 0 Å². The summed E-state index contributed by atoms with van der Waals surface area (Å²) in [6.07, 6.45) is 3.79. The fourth-order valence-electron chi connectivity index (χ4n) is 6.94. The van der Waals surface area contributed by atoms with Crippen LogP contribution < -0.4 is 5.32 Å². The second kappa shape index (κ2) is 9.84. The van der Waals surface area contributed by atoms with E-state index < -0.39 is 44.9 Å². The van der Waals surface area contributed by atoms with Gasteiger partial charge in [-0.25, -0.2) is 4.57 Å². The number of carbonyl (C=O) groups excluding carboxylic acids is 1. The van der Waals surface area contributed by atoms with E-state index in [1.165, 1.54) is 19.3 Å². The van der Waals surface area contributed by atoms with E-state index >= 15 is 0 Å². The number of aliphatic hydroxyl groups excluding tert-OH is 2. The molecule has 9 nitrogen and oxygen atoms in total. The Hall–Kier alpha value is -0.540. The Morgan fingerprint density at radius 3 is 2.27 bits per heavy atom. The Morgan fingerprint density at radius 1 is 1.18 bits per heavy atom. The largest absolute Gasteiger partial charge is 0.472 e. The lowest BCUT2D eigenvalue weighted by Gasteiger charge is -2.55. The SMILES string of the molecule is CC(C)C[C@H]1O[C@@H](C)[C@H](O)[C@@H]1OP(=O)(O)OCC(CO)NC(=O)C12CC3CC(CC(C3)C1)C2. The maximum atomic E-state index is 13.2. The lowest BCUT2D eigenvalue weighted by atomic mass is 9.49. The molecule has 0 aromatic heterocycles. The van der Waals surface area contributed by atoms with E-state index in [2.05, 4.69) is 5.32 Å². The molecule has 190 valence electrons. The van der Waals surface area contributed by atoms with Crippen LogP contribution in [0.4, 0.5) is 0 Å². The number of aliphatic hydroxyl groups is 2. The first-order valence-electron chi connectivity index (χ1n) is 12.4. The molecule has 5 rings (SSSR count). The highest BCUT2D eigenvalue weighted by Crippen LogP contribution is 2.60. The van der Waals surface area contributed by atoms with E-state index in [4.69, 9.17) is 13.8 Å². The van der Waals surface area contributed by atoms with Gasteiger partial charge in [-0.1, -0.05) is 13.8 Å². The molecular formula is C23H40NO8P. The lowest BCUT2D eigenvalue weighted by Crippen LogP contribution is -2.56. The third-order valence-electron chi connectivity index (χ3n) is 8.05. The van der Waals surface area contributed by atoms with Crippen molar-refractivity contribution < 1.29 is 38.3 Å². The number of hydrogen-bond donors (Lipinski definition) is 4. The van der Waals surface area contributed by atoms with Gasteiger partial charge >= 0.3 is 7.82 Å². The van der Waals surface area contributed by atoms with Gasteiger partial charge < -0.3 is 25.2 Å². The summed E-state index contributed by atoms with van der Waals surface area (Å²) >= 11 is 0. The van der Waals surface area contributed by atoms with Crippen LogP contribution >= 0.6 is 7.82 Å². The molecule has 1 saturated heterocycles. The summed E-state index contributed by atoms with van der Waals surface area (Å²) in [4.78, 5) is 23.5. The minimum atomic E-state index is -4.56. The summed E-state index contributed by atoms with van der Waals surface area (Å²) in [7, 11) is -4.56. The fourth-order valence-corrected chi connectivity index (χ4v) is 7.94. The van der Waals surface area contributed by atoms with Gasteiger partial charge in [0.05, 0.1) is 31.5 Å². The molecule has 33 heavy (non-hydrogen) atoms. The number of nitrogens with one attached hydrogen (secondary N) is 1. The molecule has 1 heterocycles.